The Labute approximate surface area is 126 Å². The van der Waals surface area contributed by atoms with Crippen LogP contribution in [0.25, 0.3) is 0 Å². The van der Waals surface area contributed by atoms with Crippen LogP contribution in [-0.4, -0.2) is 28.2 Å². The first kappa shape index (κ1) is 15.7. The van der Waals surface area contributed by atoms with Gasteiger partial charge in [-0.3, -0.25) is 4.79 Å². The van der Waals surface area contributed by atoms with Crippen LogP contribution in [0.4, 0.5) is 4.39 Å². The summed E-state index contributed by atoms with van der Waals surface area (Å²) in [5.74, 6) is -2.54. The molecule has 0 aliphatic rings. The Kier molecular flexibility index (Phi) is 4.85. The van der Waals surface area contributed by atoms with Crippen molar-refractivity contribution in [1.29, 1.82) is 0 Å². The first-order chi connectivity index (χ1) is 10.5. The van der Waals surface area contributed by atoms with Crippen LogP contribution < -0.4 is 5.32 Å². The molecular formula is C16H14FNO4. The van der Waals surface area contributed by atoms with Crippen LogP contribution in [0.15, 0.2) is 54.6 Å². The van der Waals surface area contributed by atoms with Gasteiger partial charge in [0.2, 0.25) is 0 Å². The number of aliphatic hydroxyl groups excluding tert-OH is 1. The molecule has 5 nitrogen and oxygen atoms in total. The molecule has 0 heterocycles. The van der Waals surface area contributed by atoms with E-state index in [4.69, 9.17) is 5.11 Å². The lowest BCUT2D eigenvalue weighted by Gasteiger charge is -2.22. The number of carbonyl (C=O) groups is 2. The van der Waals surface area contributed by atoms with Crippen molar-refractivity contribution in [2.75, 3.05) is 0 Å². The predicted octanol–water partition coefficient (Wildman–Crippen LogP) is 1.74. The van der Waals surface area contributed by atoms with E-state index in [1.807, 2.05) is 0 Å². The van der Waals surface area contributed by atoms with E-state index in [0.29, 0.717) is 5.56 Å². The van der Waals surface area contributed by atoms with Gasteiger partial charge in [-0.2, -0.15) is 0 Å². The Morgan fingerprint density at radius 3 is 2.14 bits per heavy atom. The third kappa shape index (κ3) is 3.67. The predicted molar refractivity (Wildman–Crippen MR) is 76.7 cm³/mol. The number of carbonyl (C=O) groups excluding carboxylic acids is 1. The van der Waals surface area contributed by atoms with Gasteiger partial charge in [0, 0.05) is 5.56 Å². The third-order valence-corrected chi connectivity index (χ3v) is 3.12. The van der Waals surface area contributed by atoms with Crippen molar-refractivity contribution in [1.82, 2.24) is 5.32 Å². The molecule has 0 bridgehead atoms. The molecule has 0 aliphatic carbocycles. The number of halogens is 1. The molecule has 2 unspecified atom stereocenters. The molecule has 1 amide bonds. The van der Waals surface area contributed by atoms with Crippen LogP contribution >= 0.6 is 0 Å². The highest BCUT2D eigenvalue weighted by Crippen LogP contribution is 2.18. The highest BCUT2D eigenvalue weighted by molar-refractivity contribution is 5.94. The summed E-state index contributed by atoms with van der Waals surface area (Å²) in [5.41, 5.74) is 0.618. The Balaban J connectivity index is 2.25. The fourth-order valence-corrected chi connectivity index (χ4v) is 1.97. The zero-order valence-corrected chi connectivity index (χ0v) is 11.4. The lowest BCUT2D eigenvalue weighted by Crippen LogP contribution is -2.40. The van der Waals surface area contributed by atoms with Crippen molar-refractivity contribution < 1.29 is 24.2 Å². The minimum Gasteiger partial charge on any atom is -0.479 e. The van der Waals surface area contributed by atoms with Gasteiger partial charge < -0.3 is 15.5 Å². The molecule has 0 saturated carbocycles. The summed E-state index contributed by atoms with van der Waals surface area (Å²) in [5, 5.41) is 21.2. The number of carboxylic acid groups (broad SMARTS) is 1. The Morgan fingerprint density at radius 2 is 1.59 bits per heavy atom. The average molecular weight is 303 g/mol. The Hall–Kier alpha value is -2.73. The number of hydrogen-bond acceptors (Lipinski definition) is 3. The lowest BCUT2D eigenvalue weighted by molar-refractivity contribution is -0.148. The van der Waals surface area contributed by atoms with Crippen molar-refractivity contribution in [2.24, 2.45) is 0 Å². The van der Waals surface area contributed by atoms with E-state index >= 15 is 0 Å². The molecule has 0 aromatic heterocycles. The van der Waals surface area contributed by atoms with Gasteiger partial charge in [-0.1, -0.05) is 30.3 Å². The van der Waals surface area contributed by atoms with E-state index in [1.165, 1.54) is 12.1 Å². The molecule has 0 aliphatic heterocycles. The second-order valence-electron chi connectivity index (χ2n) is 4.65. The quantitative estimate of drug-likeness (QED) is 0.785. The highest BCUT2D eigenvalue weighted by Gasteiger charge is 2.29. The number of rotatable bonds is 5. The van der Waals surface area contributed by atoms with Gasteiger partial charge in [-0.25, -0.2) is 9.18 Å². The monoisotopic (exact) mass is 303 g/mol. The van der Waals surface area contributed by atoms with E-state index in [0.717, 1.165) is 12.1 Å². The molecular weight excluding hydrogens is 289 g/mol. The fourth-order valence-electron chi connectivity index (χ4n) is 1.97. The van der Waals surface area contributed by atoms with Crippen LogP contribution in [0.2, 0.25) is 0 Å². The van der Waals surface area contributed by atoms with Gasteiger partial charge >= 0.3 is 5.97 Å². The first-order valence-electron chi connectivity index (χ1n) is 6.51. The van der Waals surface area contributed by atoms with Crippen LogP contribution in [0.3, 0.4) is 0 Å². The van der Waals surface area contributed by atoms with Crippen LogP contribution in [-0.2, 0) is 4.79 Å². The van der Waals surface area contributed by atoms with Gasteiger partial charge in [0.15, 0.2) is 6.10 Å². The van der Waals surface area contributed by atoms with Crippen molar-refractivity contribution in [2.45, 2.75) is 12.1 Å². The van der Waals surface area contributed by atoms with E-state index in [2.05, 4.69) is 5.32 Å². The van der Waals surface area contributed by atoms with Crippen LogP contribution in [0, 0.1) is 5.82 Å². The summed E-state index contributed by atoms with van der Waals surface area (Å²) in [6, 6.07) is 12.0. The molecule has 22 heavy (non-hydrogen) atoms. The number of nitrogens with one attached hydrogen (secondary N) is 1. The van der Waals surface area contributed by atoms with Crippen molar-refractivity contribution in [3.05, 3.63) is 71.5 Å². The molecule has 2 aromatic rings. The van der Waals surface area contributed by atoms with Crippen LogP contribution in [0.1, 0.15) is 22.0 Å². The molecule has 0 fully saturated rings. The topological polar surface area (TPSA) is 86.6 Å². The van der Waals surface area contributed by atoms with Gasteiger partial charge in [0.1, 0.15) is 5.82 Å². The maximum Gasteiger partial charge on any atom is 0.335 e. The molecule has 0 spiro atoms. The molecule has 114 valence electrons. The number of benzene rings is 2. The standard InChI is InChI=1S/C16H14FNO4/c17-12-8-6-11(7-9-12)15(20)18-13(14(19)16(21)22)10-4-2-1-3-5-10/h1-9,13-14,19H,(H,18,20)(H,21,22). The lowest BCUT2D eigenvalue weighted by atomic mass is 10.0. The van der Waals surface area contributed by atoms with Gasteiger partial charge in [-0.05, 0) is 29.8 Å². The molecule has 0 saturated heterocycles. The minimum atomic E-state index is -1.80. The molecule has 0 radical (unpaired) electrons. The van der Waals surface area contributed by atoms with Crippen molar-refractivity contribution >= 4 is 11.9 Å². The minimum absolute atomic E-state index is 0.167. The van der Waals surface area contributed by atoms with Crippen LogP contribution in [0.5, 0.6) is 0 Å². The largest absolute Gasteiger partial charge is 0.479 e. The summed E-state index contributed by atoms with van der Waals surface area (Å²) >= 11 is 0. The number of aliphatic carboxylic acids is 1. The maximum absolute atomic E-state index is 12.9. The molecule has 2 rings (SSSR count). The van der Waals surface area contributed by atoms with Crippen molar-refractivity contribution in [3.63, 3.8) is 0 Å². The summed E-state index contributed by atoms with van der Waals surface area (Å²) < 4.78 is 12.9. The van der Waals surface area contributed by atoms with E-state index < -0.39 is 29.8 Å². The second-order valence-corrected chi connectivity index (χ2v) is 4.65. The van der Waals surface area contributed by atoms with E-state index in [-0.39, 0.29) is 5.56 Å². The number of amides is 1. The fraction of sp³-hybridized carbons (Fsp3) is 0.125. The maximum atomic E-state index is 12.9. The number of carboxylic acids is 1. The summed E-state index contributed by atoms with van der Waals surface area (Å²) in [6.07, 6.45) is -1.80. The molecule has 6 heteroatoms. The zero-order chi connectivity index (χ0) is 16.1. The molecule has 2 aromatic carbocycles. The Bertz CT molecular complexity index is 658. The average Bonchev–Trinajstić information content (AvgIpc) is 2.53. The smallest absolute Gasteiger partial charge is 0.335 e. The first-order valence-corrected chi connectivity index (χ1v) is 6.51. The molecule has 2 atom stereocenters. The van der Waals surface area contributed by atoms with Gasteiger partial charge in [0.25, 0.3) is 5.91 Å². The number of aliphatic hydroxyl groups is 1. The van der Waals surface area contributed by atoms with Gasteiger partial charge in [0.05, 0.1) is 6.04 Å². The van der Waals surface area contributed by atoms with E-state index in [9.17, 15) is 19.1 Å². The number of hydrogen-bond donors (Lipinski definition) is 3. The van der Waals surface area contributed by atoms with Crippen molar-refractivity contribution in [3.8, 4) is 0 Å². The van der Waals surface area contributed by atoms with E-state index in [1.54, 1.807) is 30.3 Å². The zero-order valence-electron chi connectivity index (χ0n) is 11.4. The van der Waals surface area contributed by atoms with Gasteiger partial charge in [-0.15, -0.1) is 0 Å². The Morgan fingerprint density at radius 1 is 1.00 bits per heavy atom. The second kappa shape index (κ2) is 6.82. The third-order valence-electron chi connectivity index (χ3n) is 3.12. The normalized spacial score (nSPS) is 13.2. The summed E-state index contributed by atoms with van der Waals surface area (Å²) in [7, 11) is 0. The molecule has 3 N–H and O–H groups in total. The SMILES string of the molecule is O=C(NC(c1ccccc1)C(O)C(=O)O)c1ccc(F)cc1. The highest BCUT2D eigenvalue weighted by atomic mass is 19.1. The summed E-state index contributed by atoms with van der Waals surface area (Å²) in [4.78, 5) is 23.2. The summed E-state index contributed by atoms with van der Waals surface area (Å²) in [6.45, 7) is 0.